The molecule has 0 spiro atoms. The number of carbonyl (C=O) groups excluding carboxylic acids is 1. The molecule has 3 nitrogen and oxygen atoms in total. The molecule has 3 rings (SSSR count). The summed E-state index contributed by atoms with van der Waals surface area (Å²) in [6.45, 7) is 2.20. The van der Waals surface area contributed by atoms with Crippen molar-refractivity contribution in [2.24, 2.45) is 5.92 Å². The van der Waals surface area contributed by atoms with Crippen molar-refractivity contribution in [2.75, 3.05) is 32.1 Å². The molecule has 1 unspecified atom stereocenters. The van der Waals surface area contributed by atoms with E-state index in [0.29, 0.717) is 5.92 Å². The Labute approximate surface area is 122 Å². The standard InChI is InChI=1S/C15H19BrN2O/c1-17-7-5-10(6-8-17)14-12-4-3-11(16)9-13(12)18(2)15(14)19/h3-4,9-10,14H,5-8H2,1-2H3. The zero-order chi connectivity index (χ0) is 13.6. The Hall–Kier alpha value is -0.870. The first-order valence-electron chi connectivity index (χ1n) is 6.83. The van der Waals surface area contributed by atoms with E-state index in [9.17, 15) is 4.79 Å². The van der Waals surface area contributed by atoms with Gasteiger partial charge >= 0.3 is 0 Å². The zero-order valence-corrected chi connectivity index (χ0v) is 13.0. The number of likely N-dealkylation sites (N-methyl/N-ethyl adjacent to an activating group) is 1. The predicted molar refractivity (Wildman–Crippen MR) is 80.5 cm³/mol. The number of piperidine rings is 1. The minimum absolute atomic E-state index is 0.0711. The largest absolute Gasteiger partial charge is 0.315 e. The van der Waals surface area contributed by atoms with Gasteiger partial charge in [0.25, 0.3) is 0 Å². The molecule has 2 aliphatic heterocycles. The van der Waals surface area contributed by atoms with E-state index in [2.05, 4.69) is 40.0 Å². The smallest absolute Gasteiger partial charge is 0.234 e. The fourth-order valence-corrected chi connectivity index (χ4v) is 3.70. The van der Waals surface area contributed by atoms with E-state index in [-0.39, 0.29) is 11.8 Å². The molecule has 4 heteroatoms. The lowest BCUT2D eigenvalue weighted by Crippen LogP contribution is -2.36. The first kappa shape index (κ1) is 13.1. The average molecular weight is 323 g/mol. The third kappa shape index (κ3) is 2.21. The van der Waals surface area contributed by atoms with Gasteiger partial charge in [0.2, 0.25) is 5.91 Å². The zero-order valence-electron chi connectivity index (χ0n) is 11.4. The lowest BCUT2D eigenvalue weighted by molar-refractivity contribution is -0.120. The summed E-state index contributed by atoms with van der Waals surface area (Å²) in [4.78, 5) is 16.7. The van der Waals surface area contributed by atoms with Crippen LogP contribution < -0.4 is 4.90 Å². The molecule has 0 radical (unpaired) electrons. The van der Waals surface area contributed by atoms with Crippen LogP contribution in [0.25, 0.3) is 0 Å². The molecule has 1 aromatic rings. The Balaban J connectivity index is 1.93. The molecule has 2 aliphatic rings. The van der Waals surface area contributed by atoms with Gasteiger partial charge in [0.15, 0.2) is 0 Å². The fraction of sp³-hybridized carbons (Fsp3) is 0.533. The van der Waals surface area contributed by atoms with Gasteiger partial charge in [-0.1, -0.05) is 22.0 Å². The van der Waals surface area contributed by atoms with Crippen LogP contribution in [0.15, 0.2) is 22.7 Å². The monoisotopic (exact) mass is 322 g/mol. The third-order valence-corrected chi connectivity index (χ3v) is 5.01. The lowest BCUT2D eigenvalue weighted by Gasteiger charge is -2.32. The summed E-state index contributed by atoms with van der Waals surface area (Å²) in [5.74, 6) is 0.832. The van der Waals surface area contributed by atoms with Gasteiger partial charge in [-0.15, -0.1) is 0 Å². The van der Waals surface area contributed by atoms with Crippen molar-refractivity contribution >= 4 is 27.5 Å². The van der Waals surface area contributed by atoms with Gasteiger partial charge in [0, 0.05) is 17.2 Å². The van der Waals surface area contributed by atoms with Crippen molar-refractivity contribution in [3.63, 3.8) is 0 Å². The van der Waals surface area contributed by atoms with Crippen molar-refractivity contribution in [3.8, 4) is 0 Å². The van der Waals surface area contributed by atoms with Crippen LogP contribution in [0.2, 0.25) is 0 Å². The van der Waals surface area contributed by atoms with Crippen LogP contribution in [0, 0.1) is 5.92 Å². The minimum Gasteiger partial charge on any atom is -0.315 e. The van der Waals surface area contributed by atoms with Gasteiger partial charge in [-0.25, -0.2) is 0 Å². The quantitative estimate of drug-likeness (QED) is 0.793. The van der Waals surface area contributed by atoms with E-state index in [1.807, 2.05) is 18.0 Å². The number of benzene rings is 1. The maximum Gasteiger partial charge on any atom is 0.234 e. The summed E-state index contributed by atoms with van der Waals surface area (Å²) in [5, 5.41) is 0. The van der Waals surface area contributed by atoms with Gasteiger partial charge < -0.3 is 9.80 Å². The molecule has 1 amide bonds. The molecule has 2 heterocycles. The number of halogens is 1. The Morgan fingerprint density at radius 2 is 1.89 bits per heavy atom. The van der Waals surface area contributed by atoms with Crippen LogP contribution in [-0.2, 0) is 4.79 Å². The van der Waals surface area contributed by atoms with Crippen molar-refractivity contribution in [3.05, 3.63) is 28.2 Å². The number of fused-ring (bicyclic) bond motifs is 1. The molecular formula is C15H19BrN2O. The Morgan fingerprint density at radius 3 is 2.58 bits per heavy atom. The molecule has 19 heavy (non-hydrogen) atoms. The highest BCUT2D eigenvalue weighted by Crippen LogP contribution is 2.44. The van der Waals surface area contributed by atoms with Crippen LogP contribution in [0.3, 0.4) is 0 Å². The maximum absolute atomic E-state index is 12.6. The number of hydrogen-bond donors (Lipinski definition) is 0. The average Bonchev–Trinajstić information content (AvgIpc) is 2.64. The molecule has 1 saturated heterocycles. The van der Waals surface area contributed by atoms with Crippen LogP contribution in [-0.4, -0.2) is 38.0 Å². The van der Waals surface area contributed by atoms with Crippen molar-refractivity contribution in [1.29, 1.82) is 0 Å². The van der Waals surface area contributed by atoms with E-state index in [1.54, 1.807) is 0 Å². The summed E-state index contributed by atoms with van der Waals surface area (Å²) in [6, 6.07) is 6.22. The normalized spacial score (nSPS) is 24.9. The van der Waals surface area contributed by atoms with Crippen LogP contribution in [0.4, 0.5) is 5.69 Å². The van der Waals surface area contributed by atoms with Gasteiger partial charge in [0.05, 0.1) is 5.92 Å². The summed E-state index contributed by atoms with van der Waals surface area (Å²) in [7, 11) is 4.05. The van der Waals surface area contributed by atoms with Gasteiger partial charge in [-0.3, -0.25) is 4.79 Å². The van der Waals surface area contributed by atoms with Gasteiger partial charge in [0.1, 0.15) is 0 Å². The summed E-state index contributed by atoms with van der Waals surface area (Å²) >= 11 is 3.49. The molecule has 0 aromatic heterocycles. The molecule has 0 saturated carbocycles. The second kappa shape index (κ2) is 4.91. The van der Waals surface area contributed by atoms with Gasteiger partial charge in [-0.05, 0) is 56.6 Å². The highest BCUT2D eigenvalue weighted by molar-refractivity contribution is 9.10. The van der Waals surface area contributed by atoms with E-state index in [4.69, 9.17) is 0 Å². The van der Waals surface area contributed by atoms with Crippen molar-refractivity contribution < 1.29 is 4.79 Å². The summed E-state index contributed by atoms with van der Waals surface area (Å²) < 4.78 is 1.04. The first-order valence-corrected chi connectivity index (χ1v) is 7.63. The van der Waals surface area contributed by atoms with Crippen LogP contribution in [0.5, 0.6) is 0 Å². The third-order valence-electron chi connectivity index (χ3n) is 4.52. The second-order valence-electron chi connectivity index (χ2n) is 5.72. The summed E-state index contributed by atoms with van der Waals surface area (Å²) in [5.41, 5.74) is 2.29. The Morgan fingerprint density at radius 1 is 1.21 bits per heavy atom. The number of carbonyl (C=O) groups is 1. The SMILES string of the molecule is CN1CCC(C2C(=O)N(C)c3cc(Br)ccc32)CC1. The topological polar surface area (TPSA) is 23.6 Å². The molecule has 1 atom stereocenters. The fourth-order valence-electron chi connectivity index (χ4n) is 3.35. The maximum atomic E-state index is 12.6. The van der Waals surface area contributed by atoms with Gasteiger partial charge in [-0.2, -0.15) is 0 Å². The number of nitrogens with zero attached hydrogens (tertiary/aromatic N) is 2. The van der Waals surface area contributed by atoms with E-state index in [1.165, 1.54) is 5.56 Å². The number of rotatable bonds is 1. The molecule has 1 aromatic carbocycles. The molecule has 0 aliphatic carbocycles. The second-order valence-corrected chi connectivity index (χ2v) is 6.63. The first-order chi connectivity index (χ1) is 9.08. The Bertz CT molecular complexity index is 509. The number of hydrogen-bond acceptors (Lipinski definition) is 2. The van der Waals surface area contributed by atoms with Crippen LogP contribution in [0.1, 0.15) is 24.3 Å². The highest BCUT2D eigenvalue weighted by atomic mass is 79.9. The number of likely N-dealkylation sites (tertiary alicyclic amines) is 1. The molecule has 0 bridgehead atoms. The van der Waals surface area contributed by atoms with Crippen molar-refractivity contribution in [1.82, 2.24) is 4.90 Å². The van der Waals surface area contributed by atoms with E-state index in [0.717, 1.165) is 36.1 Å². The molecule has 0 N–H and O–H groups in total. The van der Waals surface area contributed by atoms with Crippen molar-refractivity contribution in [2.45, 2.75) is 18.8 Å². The van der Waals surface area contributed by atoms with E-state index >= 15 is 0 Å². The Kier molecular flexibility index (Phi) is 3.39. The minimum atomic E-state index is 0.0711. The predicted octanol–water partition coefficient (Wildman–Crippen LogP) is 2.85. The highest BCUT2D eigenvalue weighted by Gasteiger charge is 2.40. The van der Waals surface area contributed by atoms with Crippen LogP contribution >= 0.6 is 15.9 Å². The number of amides is 1. The number of anilines is 1. The molecule has 1 fully saturated rings. The van der Waals surface area contributed by atoms with E-state index < -0.39 is 0 Å². The summed E-state index contributed by atoms with van der Waals surface area (Å²) in [6.07, 6.45) is 2.24. The lowest BCUT2D eigenvalue weighted by atomic mass is 9.81. The molecule has 102 valence electrons. The molecular weight excluding hydrogens is 304 g/mol.